The molecular formula is C11H13NO2S. The molecule has 15 heavy (non-hydrogen) atoms. The van der Waals surface area contributed by atoms with Gasteiger partial charge in [-0.15, -0.1) is 11.8 Å². The number of nitrogens with one attached hydrogen (secondary N) is 1. The van der Waals surface area contributed by atoms with E-state index < -0.39 is 12.0 Å². The van der Waals surface area contributed by atoms with Crippen molar-refractivity contribution in [1.29, 1.82) is 0 Å². The van der Waals surface area contributed by atoms with E-state index in [4.69, 9.17) is 5.11 Å². The number of benzene rings is 1. The first-order valence-corrected chi connectivity index (χ1v) is 5.87. The largest absolute Gasteiger partial charge is 0.480 e. The summed E-state index contributed by atoms with van der Waals surface area (Å²) >= 11 is 1.77. The molecule has 1 aliphatic heterocycles. The van der Waals surface area contributed by atoms with Crippen molar-refractivity contribution >= 4 is 17.7 Å². The standard InChI is InChI=1S/C11H13NO2S/c1-7(11(13)14)12-9-6-15-10-5-3-2-4-8(9)10/h2-5,7,9,12H,6H2,1H3,(H,13,14). The van der Waals surface area contributed by atoms with Crippen molar-refractivity contribution in [3.8, 4) is 0 Å². The Bertz CT molecular complexity index is 381. The summed E-state index contributed by atoms with van der Waals surface area (Å²) in [5.74, 6) is 0.112. The summed E-state index contributed by atoms with van der Waals surface area (Å²) in [6.07, 6.45) is 0. The van der Waals surface area contributed by atoms with E-state index in [2.05, 4.69) is 17.4 Å². The van der Waals surface area contributed by atoms with Crippen molar-refractivity contribution in [2.45, 2.75) is 23.9 Å². The molecule has 80 valence electrons. The monoisotopic (exact) mass is 223 g/mol. The number of carboxylic acid groups (broad SMARTS) is 1. The molecule has 0 aromatic heterocycles. The van der Waals surface area contributed by atoms with Gasteiger partial charge in [0.05, 0.1) is 0 Å². The Kier molecular flexibility index (Phi) is 2.98. The van der Waals surface area contributed by atoms with Crippen LogP contribution in [0.3, 0.4) is 0 Å². The molecular weight excluding hydrogens is 210 g/mol. The van der Waals surface area contributed by atoms with E-state index in [0.717, 1.165) is 5.75 Å². The molecule has 1 aliphatic rings. The van der Waals surface area contributed by atoms with Crippen LogP contribution < -0.4 is 5.32 Å². The molecule has 2 atom stereocenters. The van der Waals surface area contributed by atoms with Crippen LogP contribution in [0.15, 0.2) is 29.2 Å². The maximum Gasteiger partial charge on any atom is 0.320 e. The fraction of sp³-hybridized carbons (Fsp3) is 0.364. The number of hydrogen-bond acceptors (Lipinski definition) is 3. The van der Waals surface area contributed by atoms with Crippen molar-refractivity contribution < 1.29 is 9.90 Å². The smallest absolute Gasteiger partial charge is 0.320 e. The van der Waals surface area contributed by atoms with Gasteiger partial charge in [-0.05, 0) is 18.6 Å². The Balaban J connectivity index is 2.11. The SMILES string of the molecule is CC(NC1CSc2ccccc21)C(=O)O. The van der Waals surface area contributed by atoms with Crippen molar-refractivity contribution in [3.63, 3.8) is 0 Å². The highest BCUT2D eigenvalue weighted by Gasteiger charge is 2.25. The molecule has 2 unspecified atom stereocenters. The Morgan fingerprint density at radius 3 is 3.07 bits per heavy atom. The Labute approximate surface area is 92.9 Å². The number of rotatable bonds is 3. The molecule has 2 rings (SSSR count). The predicted octanol–water partition coefficient (Wildman–Crippen LogP) is 1.90. The van der Waals surface area contributed by atoms with Crippen LogP contribution in [0.5, 0.6) is 0 Å². The van der Waals surface area contributed by atoms with Crippen molar-refractivity contribution in [3.05, 3.63) is 29.8 Å². The van der Waals surface area contributed by atoms with Crippen molar-refractivity contribution in [2.75, 3.05) is 5.75 Å². The van der Waals surface area contributed by atoms with Gasteiger partial charge in [-0.25, -0.2) is 0 Å². The van der Waals surface area contributed by atoms with E-state index in [1.807, 2.05) is 12.1 Å². The average Bonchev–Trinajstić information content (AvgIpc) is 2.62. The molecule has 0 radical (unpaired) electrons. The van der Waals surface area contributed by atoms with E-state index in [0.29, 0.717) is 0 Å². The summed E-state index contributed by atoms with van der Waals surface area (Å²) in [4.78, 5) is 12.0. The molecule has 0 amide bonds. The van der Waals surface area contributed by atoms with Gasteiger partial charge in [-0.1, -0.05) is 18.2 Å². The van der Waals surface area contributed by atoms with Gasteiger partial charge in [0, 0.05) is 16.7 Å². The third-order valence-corrected chi connectivity index (χ3v) is 3.70. The first-order chi connectivity index (χ1) is 7.18. The van der Waals surface area contributed by atoms with Gasteiger partial charge in [0.2, 0.25) is 0 Å². The highest BCUT2D eigenvalue weighted by molar-refractivity contribution is 7.99. The summed E-state index contributed by atoms with van der Waals surface area (Å²) in [7, 11) is 0. The molecule has 1 heterocycles. The molecule has 0 bridgehead atoms. The van der Waals surface area contributed by atoms with Gasteiger partial charge < -0.3 is 5.11 Å². The number of fused-ring (bicyclic) bond motifs is 1. The second-order valence-corrected chi connectivity index (χ2v) is 4.69. The highest BCUT2D eigenvalue weighted by atomic mass is 32.2. The summed E-state index contributed by atoms with van der Waals surface area (Å²) in [5, 5.41) is 11.9. The quantitative estimate of drug-likeness (QED) is 0.821. The second kappa shape index (κ2) is 4.24. The van der Waals surface area contributed by atoms with E-state index >= 15 is 0 Å². The van der Waals surface area contributed by atoms with Gasteiger partial charge >= 0.3 is 5.97 Å². The summed E-state index contributed by atoms with van der Waals surface area (Å²) < 4.78 is 0. The molecule has 4 heteroatoms. The lowest BCUT2D eigenvalue weighted by Crippen LogP contribution is -2.36. The zero-order chi connectivity index (χ0) is 10.8. The fourth-order valence-electron chi connectivity index (χ4n) is 1.67. The van der Waals surface area contributed by atoms with Crippen molar-refractivity contribution in [2.24, 2.45) is 0 Å². The third-order valence-electron chi connectivity index (χ3n) is 2.52. The molecule has 0 saturated heterocycles. The Morgan fingerprint density at radius 1 is 1.60 bits per heavy atom. The normalized spacial score (nSPS) is 21.0. The number of thioether (sulfide) groups is 1. The minimum Gasteiger partial charge on any atom is -0.480 e. The number of carbonyl (C=O) groups is 1. The summed E-state index contributed by atoms with van der Waals surface area (Å²) in [5.41, 5.74) is 1.22. The molecule has 2 N–H and O–H groups in total. The maximum absolute atomic E-state index is 10.7. The van der Waals surface area contributed by atoms with E-state index in [-0.39, 0.29) is 6.04 Å². The van der Waals surface area contributed by atoms with E-state index in [1.165, 1.54) is 10.5 Å². The van der Waals surface area contributed by atoms with Gasteiger partial charge in [0.1, 0.15) is 6.04 Å². The first kappa shape index (κ1) is 10.5. The zero-order valence-electron chi connectivity index (χ0n) is 8.43. The number of aliphatic carboxylic acids is 1. The lowest BCUT2D eigenvalue weighted by atomic mass is 10.1. The molecule has 0 fully saturated rings. The molecule has 0 spiro atoms. The zero-order valence-corrected chi connectivity index (χ0v) is 9.25. The van der Waals surface area contributed by atoms with E-state index in [9.17, 15) is 4.79 Å². The molecule has 0 saturated carbocycles. The van der Waals surface area contributed by atoms with Crippen LogP contribution in [-0.4, -0.2) is 22.9 Å². The van der Waals surface area contributed by atoms with Crippen LogP contribution >= 0.6 is 11.8 Å². The minimum atomic E-state index is -0.801. The van der Waals surface area contributed by atoms with Crippen LogP contribution in [-0.2, 0) is 4.79 Å². The van der Waals surface area contributed by atoms with Crippen LogP contribution in [0.4, 0.5) is 0 Å². The number of carboxylic acids is 1. The lowest BCUT2D eigenvalue weighted by molar-refractivity contribution is -0.139. The summed E-state index contributed by atoms with van der Waals surface area (Å²) in [6.45, 7) is 1.67. The van der Waals surface area contributed by atoms with Gasteiger partial charge in [-0.2, -0.15) is 0 Å². The molecule has 1 aromatic carbocycles. The van der Waals surface area contributed by atoms with Gasteiger partial charge in [0.25, 0.3) is 0 Å². The predicted molar refractivity (Wildman–Crippen MR) is 60.1 cm³/mol. The third kappa shape index (κ3) is 2.16. The fourth-order valence-corrected chi connectivity index (χ4v) is 2.85. The lowest BCUT2D eigenvalue weighted by Gasteiger charge is -2.16. The molecule has 0 aliphatic carbocycles. The molecule has 3 nitrogen and oxygen atoms in total. The topological polar surface area (TPSA) is 49.3 Å². The Morgan fingerprint density at radius 2 is 2.33 bits per heavy atom. The number of hydrogen-bond donors (Lipinski definition) is 2. The van der Waals surface area contributed by atoms with Crippen LogP contribution in [0, 0.1) is 0 Å². The van der Waals surface area contributed by atoms with Crippen LogP contribution in [0.25, 0.3) is 0 Å². The minimum absolute atomic E-state index is 0.164. The molecule has 1 aromatic rings. The van der Waals surface area contributed by atoms with E-state index in [1.54, 1.807) is 18.7 Å². The van der Waals surface area contributed by atoms with Crippen molar-refractivity contribution in [1.82, 2.24) is 5.32 Å². The van der Waals surface area contributed by atoms with Crippen LogP contribution in [0.1, 0.15) is 18.5 Å². The average molecular weight is 223 g/mol. The Hall–Kier alpha value is -1.00. The maximum atomic E-state index is 10.7. The second-order valence-electron chi connectivity index (χ2n) is 3.63. The van der Waals surface area contributed by atoms with Crippen LogP contribution in [0.2, 0.25) is 0 Å². The summed E-state index contributed by atoms with van der Waals surface area (Å²) in [6, 6.07) is 7.80. The highest BCUT2D eigenvalue weighted by Crippen LogP contribution is 2.37. The first-order valence-electron chi connectivity index (χ1n) is 4.89. The van der Waals surface area contributed by atoms with Gasteiger partial charge in [0.15, 0.2) is 0 Å². The van der Waals surface area contributed by atoms with Gasteiger partial charge in [-0.3, -0.25) is 10.1 Å².